The second-order valence-corrected chi connectivity index (χ2v) is 11.9. The third kappa shape index (κ3) is 9.15. The van der Waals surface area contributed by atoms with Gasteiger partial charge in [-0.05, 0) is 20.4 Å². The van der Waals surface area contributed by atoms with Gasteiger partial charge in [-0.1, -0.05) is 0 Å². The molecule has 0 bridgehead atoms. The van der Waals surface area contributed by atoms with Crippen molar-refractivity contribution in [3.05, 3.63) is 0 Å². The minimum Gasteiger partial charge on any atom is -0.394 e. The van der Waals surface area contributed by atoms with E-state index < -0.39 is 104 Å². The first-order chi connectivity index (χ1) is 21.2. The molecule has 0 spiro atoms. The van der Waals surface area contributed by atoms with Gasteiger partial charge >= 0.3 is 6.03 Å². The molecule has 16 N–H and O–H groups in total. The fourth-order valence-electron chi connectivity index (χ4n) is 5.72. The largest absolute Gasteiger partial charge is 0.394 e. The van der Waals surface area contributed by atoms with Crippen molar-refractivity contribution in [2.24, 2.45) is 11.5 Å². The molecule has 2 unspecified atom stereocenters. The monoisotopic (exact) mass is 658 g/mol. The van der Waals surface area contributed by atoms with Gasteiger partial charge in [0.05, 0.1) is 37.9 Å². The SMILES string of the molecule is CN[C@@H]1[C@@H](O)[C@@H](O[C@H]2[C@H](NC(=O)N(O)CCN)C[C@H](N)C(O[C@H]3O[C@H](CNCC(O)CO)[C@@H](O)[C@H](O)[C@H]3O)[C@@H]2O)OC[C@]1(C)O. The van der Waals surface area contributed by atoms with Crippen LogP contribution in [-0.2, 0) is 18.9 Å². The smallest absolute Gasteiger partial charge is 0.341 e. The van der Waals surface area contributed by atoms with Gasteiger partial charge in [0, 0.05) is 25.7 Å². The highest BCUT2D eigenvalue weighted by Crippen LogP contribution is 2.32. The summed E-state index contributed by atoms with van der Waals surface area (Å²) in [5.74, 6) is 0. The van der Waals surface area contributed by atoms with Crippen molar-refractivity contribution in [3.8, 4) is 0 Å². The van der Waals surface area contributed by atoms with Crippen molar-refractivity contribution in [1.82, 2.24) is 21.0 Å². The van der Waals surface area contributed by atoms with E-state index in [1.54, 1.807) is 0 Å². The lowest BCUT2D eigenvalue weighted by Crippen LogP contribution is -2.70. The zero-order valence-electron chi connectivity index (χ0n) is 25.2. The van der Waals surface area contributed by atoms with Crippen LogP contribution >= 0.6 is 0 Å². The molecule has 3 aliphatic rings. The van der Waals surface area contributed by atoms with Crippen LogP contribution in [-0.4, -0.2) is 195 Å². The number of aliphatic hydroxyl groups excluding tert-OH is 7. The zero-order valence-corrected chi connectivity index (χ0v) is 25.2. The van der Waals surface area contributed by atoms with E-state index in [4.69, 9.17) is 35.5 Å². The van der Waals surface area contributed by atoms with E-state index >= 15 is 0 Å². The van der Waals surface area contributed by atoms with Crippen LogP contribution in [0.15, 0.2) is 0 Å². The molecule has 3 rings (SSSR count). The van der Waals surface area contributed by atoms with Crippen molar-refractivity contribution in [2.45, 2.75) is 105 Å². The van der Waals surface area contributed by atoms with Gasteiger partial charge in [-0.3, -0.25) is 5.21 Å². The zero-order chi connectivity index (χ0) is 33.6. The number of hydrogen-bond acceptors (Lipinski definition) is 18. The molecule has 1 aliphatic carbocycles. The normalized spacial score (nSPS) is 43.1. The Balaban J connectivity index is 1.81. The van der Waals surface area contributed by atoms with Crippen molar-refractivity contribution in [1.29, 1.82) is 0 Å². The maximum Gasteiger partial charge on any atom is 0.341 e. The number of ether oxygens (including phenoxy) is 4. The van der Waals surface area contributed by atoms with Gasteiger partial charge in [-0.15, -0.1) is 0 Å². The van der Waals surface area contributed by atoms with Gasteiger partial charge in [0.15, 0.2) is 12.6 Å². The number of likely N-dealkylation sites (N-methyl/N-ethyl adjacent to an activating group) is 1. The van der Waals surface area contributed by atoms with E-state index in [0.717, 1.165) is 0 Å². The van der Waals surface area contributed by atoms with Gasteiger partial charge in [0.25, 0.3) is 0 Å². The second-order valence-electron chi connectivity index (χ2n) is 11.9. The molecule has 20 heteroatoms. The Bertz CT molecular complexity index is 927. The van der Waals surface area contributed by atoms with Crippen LogP contribution in [0.1, 0.15) is 13.3 Å². The van der Waals surface area contributed by atoms with Crippen LogP contribution < -0.4 is 27.4 Å². The molecule has 0 aromatic rings. The van der Waals surface area contributed by atoms with Crippen molar-refractivity contribution >= 4 is 6.03 Å². The summed E-state index contributed by atoms with van der Waals surface area (Å²) in [4.78, 5) is 12.6. The molecule has 15 atom stereocenters. The average Bonchev–Trinajstić information content (AvgIpc) is 2.98. The van der Waals surface area contributed by atoms with Crippen molar-refractivity contribution in [2.75, 3.05) is 46.4 Å². The summed E-state index contributed by atoms with van der Waals surface area (Å²) in [5.41, 5.74) is 10.3. The van der Waals surface area contributed by atoms with E-state index in [1.165, 1.54) is 14.0 Å². The van der Waals surface area contributed by atoms with Crippen molar-refractivity contribution in [3.63, 3.8) is 0 Å². The Labute approximate surface area is 259 Å². The average molecular weight is 659 g/mol. The fraction of sp³-hybridized carbons (Fsp3) is 0.960. The number of nitrogens with zero attached hydrogens (tertiary/aromatic N) is 1. The number of hydroxylamine groups is 2. The maximum absolute atomic E-state index is 12.6. The molecule has 2 amide bonds. The molecule has 1 saturated carbocycles. The number of amides is 2. The first-order valence-corrected chi connectivity index (χ1v) is 14.8. The van der Waals surface area contributed by atoms with Gasteiger partial charge in [0.1, 0.15) is 54.4 Å². The Hall–Kier alpha value is -1.41. The van der Waals surface area contributed by atoms with E-state index in [0.29, 0.717) is 5.06 Å². The van der Waals surface area contributed by atoms with E-state index in [1.807, 2.05) is 0 Å². The minimum absolute atomic E-state index is 0.0528. The highest BCUT2D eigenvalue weighted by molar-refractivity contribution is 5.73. The highest BCUT2D eigenvalue weighted by Gasteiger charge is 2.53. The Morgan fingerprint density at radius 3 is 2.36 bits per heavy atom. The molecule has 0 aromatic heterocycles. The minimum atomic E-state index is -1.79. The van der Waals surface area contributed by atoms with Crippen LogP contribution in [0.4, 0.5) is 4.79 Å². The van der Waals surface area contributed by atoms with Crippen LogP contribution in [0.25, 0.3) is 0 Å². The number of nitrogens with one attached hydrogen (secondary N) is 3. The van der Waals surface area contributed by atoms with Crippen LogP contribution in [0.5, 0.6) is 0 Å². The lowest BCUT2D eigenvalue weighted by molar-refractivity contribution is -0.330. The van der Waals surface area contributed by atoms with Gasteiger partial charge < -0.3 is 87.2 Å². The fourth-order valence-corrected chi connectivity index (χ4v) is 5.72. The third-order valence-electron chi connectivity index (χ3n) is 8.23. The molecule has 2 aliphatic heterocycles. The Morgan fingerprint density at radius 2 is 1.73 bits per heavy atom. The molecule has 3 fully saturated rings. The first kappa shape index (κ1) is 38.0. The van der Waals surface area contributed by atoms with Gasteiger partial charge in [0.2, 0.25) is 0 Å². The number of carbonyl (C=O) groups excluding carboxylic acids is 1. The Kier molecular flexibility index (Phi) is 14.0. The topological polar surface area (TPSA) is 327 Å². The number of carbonyl (C=O) groups is 1. The lowest BCUT2D eigenvalue weighted by Gasteiger charge is -2.49. The molecular weight excluding hydrogens is 608 g/mol. The summed E-state index contributed by atoms with van der Waals surface area (Å²) in [6, 6.07) is -4.06. The second kappa shape index (κ2) is 16.6. The van der Waals surface area contributed by atoms with E-state index in [-0.39, 0.29) is 39.2 Å². The van der Waals surface area contributed by atoms with Crippen LogP contribution in [0.3, 0.4) is 0 Å². The highest BCUT2D eigenvalue weighted by atomic mass is 16.7. The van der Waals surface area contributed by atoms with Gasteiger partial charge in [-0.25, -0.2) is 9.86 Å². The molecule has 264 valence electrons. The van der Waals surface area contributed by atoms with E-state index in [2.05, 4.69) is 16.0 Å². The number of hydrogen-bond donors (Lipinski definition) is 14. The summed E-state index contributed by atoms with van der Waals surface area (Å²) in [5, 5.41) is 101. The summed E-state index contributed by atoms with van der Waals surface area (Å²) in [6.07, 6.45) is -16.5. The number of rotatable bonds is 13. The number of urea groups is 1. The standard InChI is InChI=1S/C25H50N6O14/c1-25(40)9-42-22(18(38)21(25)28-2)45-20-12(30-24(39)31(41)4-3-26)5-11(27)19(17(20)37)44-23-16(36)15(35)14(34)13(43-23)7-29-6-10(33)8-32/h10-23,28-29,32-38,40-41H,3-9,26-27H2,1-2H3,(H,30,39)/t10?,11-,12+,13+,14+,15-,16+,17-,18+,19?,20-,21+,22+,23+,25-/m0/s1. The summed E-state index contributed by atoms with van der Waals surface area (Å²) in [7, 11) is 1.51. The number of nitrogens with two attached hydrogens (primary N) is 2. The van der Waals surface area contributed by atoms with Crippen LogP contribution in [0.2, 0.25) is 0 Å². The lowest BCUT2D eigenvalue weighted by atomic mass is 9.83. The summed E-state index contributed by atoms with van der Waals surface area (Å²) >= 11 is 0. The Morgan fingerprint density at radius 1 is 1.07 bits per heavy atom. The quantitative estimate of drug-likeness (QED) is 0.0645. The predicted octanol–water partition coefficient (Wildman–Crippen LogP) is -7.62. The third-order valence-corrected chi connectivity index (χ3v) is 8.23. The molecule has 45 heavy (non-hydrogen) atoms. The molecular formula is C25H50N6O14. The van der Waals surface area contributed by atoms with Gasteiger partial charge in [-0.2, -0.15) is 0 Å². The molecule has 0 radical (unpaired) electrons. The van der Waals surface area contributed by atoms with Crippen molar-refractivity contribution < 1.29 is 69.8 Å². The molecule has 2 saturated heterocycles. The van der Waals surface area contributed by atoms with E-state index in [9.17, 15) is 45.7 Å². The molecule has 20 nitrogen and oxygen atoms in total. The molecule has 0 aromatic carbocycles. The predicted molar refractivity (Wildman–Crippen MR) is 150 cm³/mol. The maximum atomic E-state index is 12.6. The summed E-state index contributed by atoms with van der Waals surface area (Å²) < 4.78 is 23.1. The number of aliphatic hydroxyl groups is 8. The summed E-state index contributed by atoms with van der Waals surface area (Å²) in [6.45, 7) is 0.193. The van der Waals surface area contributed by atoms with Crippen LogP contribution in [0, 0.1) is 0 Å². The first-order valence-electron chi connectivity index (χ1n) is 14.8. The molecule has 2 heterocycles.